The number of halogens is 3. The summed E-state index contributed by atoms with van der Waals surface area (Å²) in [5.41, 5.74) is 0. The van der Waals surface area contributed by atoms with Crippen LogP contribution in [0.3, 0.4) is 0 Å². The molecule has 3 nitrogen and oxygen atoms in total. The lowest BCUT2D eigenvalue weighted by Gasteiger charge is -2.10. The average molecular weight is 558 g/mol. The third-order valence-corrected chi connectivity index (χ3v) is 3.87. The molecular weight excluding hydrogens is 549 g/mol. The molecule has 0 amide bonds. The molecule has 0 unspecified atom stereocenters. The van der Waals surface area contributed by atoms with Crippen LogP contribution in [0.25, 0.3) is 0 Å². The highest BCUT2D eigenvalue weighted by atomic mass is 127. The lowest BCUT2D eigenvalue weighted by molar-refractivity contribution is -0.124. The van der Waals surface area contributed by atoms with Gasteiger partial charge in [0.2, 0.25) is 0 Å². The summed E-state index contributed by atoms with van der Waals surface area (Å²) in [6.45, 7) is 0.151. The molecule has 0 radical (unpaired) electrons. The molecule has 1 rings (SSSR count). The van der Waals surface area contributed by atoms with Gasteiger partial charge in [-0.1, -0.05) is 0 Å². The average Bonchev–Trinajstić information content (AvgIpc) is 2.16. The van der Waals surface area contributed by atoms with E-state index in [1.54, 1.807) is 0 Å². The normalized spacial score (nSPS) is 10.2. The Kier molecular flexibility index (Phi) is 6.81. The monoisotopic (exact) mass is 558 g/mol. The predicted molar refractivity (Wildman–Crippen MR) is 87.0 cm³/mol. The number of ether oxygens (including phenoxy) is 2. The predicted octanol–water partition coefficient (Wildman–Crippen LogP) is 3.09. The van der Waals surface area contributed by atoms with Crippen molar-refractivity contribution in [1.82, 2.24) is 0 Å². The van der Waals surface area contributed by atoms with Crippen molar-refractivity contribution in [2.24, 2.45) is 0 Å². The highest BCUT2D eigenvalue weighted by Crippen LogP contribution is 2.29. The second kappa shape index (κ2) is 7.31. The van der Waals surface area contributed by atoms with E-state index >= 15 is 0 Å². The molecule has 0 aliphatic heterocycles. The highest BCUT2D eigenvalue weighted by Gasteiger charge is 2.10. The summed E-state index contributed by atoms with van der Waals surface area (Å²) in [5, 5.41) is 0. The number of carbonyl (C=O) groups is 1. The van der Waals surface area contributed by atoms with E-state index in [0.29, 0.717) is 0 Å². The van der Waals surface area contributed by atoms with Crippen molar-refractivity contribution in [2.75, 3.05) is 20.3 Å². The fraction of sp³-hybridized carbons (Fsp3) is 0.300. The maximum Gasteiger partial charge on any atom is 0.195 e. The van der Waals surface area contributed by atoms with Gasteiger partial charge in [0.1, 0.15) is 19.0 Å². The Morgan fingerprint density at radius 3 is 2.25 bits per heavy atom. The molecule has 0 N–H and O–H groups in total. The van der Waals surface area contributed by atoms with Crippen molar-refractivity contribution >= 4 is 73.6 Å². The third-order valence-electron chi connectivity index (χ3n) is 1.65. The van der Waals surface area contributed by atoms with Gasteiger partial charge in [-0.25, -0.2) is 0 Å². The molecule has 1 aromatic rings. The number of rotatable bonds is 5. The Balaban J connectivity index is 2.70. The van der Waals surface area contributed by atoms with Crippen molar-refractivity contribution in [3.63, 3.8) is 0 Å². The van der Waals surface area contributed by atoms with Gasteiger partial charge in [0.15, 0.2) is 5.78 Å². The zero-order chi connectivity index (χ0) is 12.1. The largest absolute Gasteiger partial charge is 0.484 e. The fourth-order valence-corrected chi connectivity index (χ4v) is 4.92. The van der Waals surface area contributed by atoms with Crippen LogP contribution in [0.4, 0.5) is 0 Å². The Morgan fingerprint density at radius 1 is 1.19 bits per heavy atom. The molecule has 0 aromatic heterocycles. The third kappa shape index (κ3) is 4.61. The minimum Gasteiger partial charge on any atom is -0.484 e. The number of ketones is 1. The lowest BCUT2D eigenvalue weighted by Crippen LogP contribution is -2.17. The van der Waals surface area contributed by atoms with Crippen molar-refractivity contribution in [3.05, 3.63) is 22.8 Å². The quantitative estimate of drug-likeness (QED) is 0.522. The topological polar surface area (TPSA) is 35.5 Å². The Labute approximate surface area is 135 Å². The first-order valence-electron chi connectivity index (χ1n) is 4.32. The second-order valence-electron chi connectivity index (χ2n) is 2.96. The molecule has 1 aromatic carbocycles. The van der Waals surface area contributed by atoms with Gasteiger partial charge in [-0.05, 0) is 79.9 Å². The number of Topliss-reactive ketones (excluding diaryl/α,β-unsaturated/α-hetero) is 1. The first-order chi connectivity index (χ1) is 7.54. The fourth-order valence-electron chi connectivity index (χ4n) is 1.02. The lowest BCUT2D eigenvalue weighted by atomic mass is 10.3. The summed E-state index contributed by atoms with van der Waals surface area (Å²) in [7, 11) is 1.50. The van der Waals surface area contributed by atoms with E-state index in [0.717, 1.165) is 16.5 Å². The molecular formula is C10H9I3O3. The zero-order valence-electron chi connectivity index (χ0n) is 8.43. The highest BCUT2D eigenvalue weighted by molar-refractivity contribution is 14.1. The van der Waals surface area contributed by atoms with Gasteiger partial charge < -0.3 is 9.47 Å². The van der Waals surface area contributed by atoms with Crippen LogP contribution in [0, 0.1) is 10.7 Å². The second-order valence-corrected chi connectivity index (χ2v) is 6.53. The molecule has 0 saturated heterocycles. The van der Waals surface area contributed by atoms with Crippen molar-refractivity contribution < 1.29 is 14.3 Å². The van der Waals surface area contributed by atoms with Crippen molar-refractivity contribution in [2.45, 2.75) is 0 Å². The Hall–Kier alpha value is 0.840. The molecule has 0 bridgehead atoms. The van der Waals surface area contributed by atoms with Crippen LogP contribution < -0.4 is 4.74 Å². The van der Waals surface area contributed by atoms with Gasteiger partial charge in [-0.15, -0.1) is 0 Å². The molecule has 0 aliphatic rings. The minimum absolute atomic E-state index is 0.0560. The number of benzene rings is 1. The van der Waals surface area contributed by atoms with Crippen LogP contribution in [-0.4, -0.2) is 26.1 Å². The van der Waals surface area contributed by atoms with Crippen LogP contribution >= 0.6 is 67.8 Å². The van der Waals surface area contributed by atoms with Gasteiger partial charge >= 0.3 is 0 Å². The molecule has 88 valence electrons. The molecule has 0 heterocycles. The molecule has 0 fully saturated rings. The van der Waals surface area contributed by atoms with Crippen LogP contribution in [0.15, 0.2) is 12.1 Å². The number of carbonyl (C=O) groups excluding carboxylic acids is 1. The van der Waals surface area contributed by atoms with E-state index < -0.39 is 0 Å². The van der Waals surface area contributed by atoms with Gasteiger partial charge in [0.25, 0.3) is 0 Å². The summed E-state index contributed by atoms with van der Waals surface area (Å²) in [6, 6.07) is 4.03. The number of methoxy groups -OCH3 is 1. The van der Waals surface area contributed by atoms with E-state index in [9.17, 15) is 4.79 Å². The summed E-state index contributed by atoms with van der Waals surface area (Å²) in [5.74, 6) is 0.707. The van der Waals surface area contributed by atoms with Crippen molar-refractivity contribution in [1.29, 1.82) is 0 Å². The summed E-state index contributed by atoms with van der Waals surface area (Å²) >= 11 is 6.66. The first kappa shape index (κ1) is 14.9. The van der Waals surface area contributed by atoms with E-state index in [1.807, 2.05) is 12.1 Å². The van der Waals surface area contributed by atoms with Gasteiger partial charge in [-0.3, -0.25) is 4.79 Å². The van der Waals surface area contributed by atoms with Gasteiger partial charge in [-0.2, -0.15) is 0 Å². The van der Waals surface area contributed by atoms with Crippen LogP contribution in [-0.2, 0) is 9.53 Å². The molecule has 0 aliphatic carbocycles. The Morgan fingerprint density at radius 2 is 1.75 bits per heavy atom. The maximum atomic E-state index is 11.2. The van der Waals surface area contributed by atoms with Gasteiger partial charge in [0.05, 0.1) is 7.14 Å². The summed E-state index contributed by atoms with van der Waals surface area (Å²) < 4.78 is 13.4. The van der Waals surface area contributed by atoms with Crippen LogP contribution in [0.1, 0.15) is 0 Å². The smallest absolute Gasteiger partial charge is 0.195 e. The van der Waals surface area contributed by atoms with Gasteiger partial charge in [0, 0.05) is 10.7 Å². The van der Waals surface area contributed by atoms with Crippen LogP contribution in [0.5, 0.6) is 5.75 Å². The van der Waals surface area contributed by atoms with E-state index in [2.05, 4.69) is 67.8 Å². The standard InChI is InChI=1S/C10H9I3O3/c1-15-4-7(14)5-16-10-8(12)2-6(11)3-9(10)13/h2-3H,4-5H2,1H3. The minimum atomic E-state index is -0.0624. The molecule has 0 saturated carbocycles. The summed E-state index contributed by atoms with van der Waals surface area (Å²) in [6.07, 6.45) is 0. The number of hydrogen-bond donors (Lipinski definition) is 0. The Bertz CT molecular complexity index is 370. The van der Waals surface area contributed by atoms with Crippen LogP contribution in [0.2, 0.25) is 0 Å². The SMILES string of the molecule is COCC(=O)COc1c(I)cc(I)cc1I. The maximum absolute atomic E-state index is 11.2. The van der Waals surface area contributed by atoms with Crippen molar-refractivity contribution in [3.8, 4) is 5.75 Å². The zero-order valence-corrected chi connectivity index (χ0v) is 14.9. The molecule has 0 atom stereocenters. The van der Waals surface area contributed by atoms with E-state index in [-0.39, 0.29) is 19.0 Å². The van der Waals surface area contributed by atoms with E-state index in [1.165, 1.54) is 7.11 Å². The molecule has 0 spiro atoms. The molecule has 6 heteroatoms. The number of hydrogen-bond acceptors (Lipinski definition) is 3. The molecule has 16 heavy (non-hydrogen) atoms. The first-order valence-corrected chi connectivity index (χ1v) is 7.56. The summed E-state index contributed by atoms with van der Waals surface area (Å²) in [4.78, 5) is 11.2. The van der Waals surface area contributed by atoms with E-state index in [4.69, 9.17) is 9.47 Å².